The number of benzene rings is 2. The molecule has 3 amide bonds. The molecule has 206 valence electrons. The largest absolute Gasteiger partial charge is 0.364 e. The van der Waals surface area contributed by atoms with Crippen molar-refractivity contribution in [1.29, 1.82) is 0 Å². The van der Waals surface area contributed by atoms with Gasteiger partial charge in [0.1, 0.15) is 12.6 Å². The van der Waals surface area contributed by atoms with Crippen LogP contribution in [0, 0.1) is 6.92 Å². The van der Waals surface area contributed by atoms with Crippen LogP contribution in [0.5, 0.6) is 0 Å². The monoisotopic (exact) mass is 549 g/mol. The van der Waals surface area contributed by atoms with Crippen molar-refractivity contribution in [3.8, 4) is 16.8 Å². The molecule has 0 aliphatic carbocycles. The minimum Gasteiger partial charge on any atom is -0.364 e. The van der Waals surface area contributed by atoms with Crippen molar-refractivity contribution in [1.82, 2.24) is 34.7 Å². The SMILES string of the molecule is Cc1ccnn1-c1ccccc1NC(=O)C1CCCN1C(=O)Cn1nc(C(N)=O)c2cc(-c3ccnnc3)ccc21. The van der Waals surface area contributed by atoms with Gasteiger partial charge in [0.25, 0.3) is 5.91 Å². The topological polar surface area (TPSA) is 154 Å². The van der Waals surface area contributed by atoms with Crippen LogP contribution in [0.3, 0.4) is 0 Å². The van der Waals surface area contributed by atoms with Gasteiger partial charge in [0.05, 0.1) is 29.3 Å². The molecule has 1 saturated heterocycles. The molecule has 0 radical (unpaired) electrons. The number of nitrogens with one attached hydrogen (secondary N) is 1. The molecule has 1 atom stereocenters. The zero-order valence-corrected chi connectivity index (χ0v) is 22.3. The Labute approximate surface area is 234 Å². The molecule has 0 saturated carbocycles. The van der Waals surface area contributed by atoms with Crippen molar-refractivity contribution in [3.63, 3.8) is 0 Å². The van der Waals surface area contributed by atoms with E-state index in [1.807, 2.05) is 43.3 Å². The van der Waals surface area contributed by atoms with Crippen LogP contribution in [0.2, 0.25) is 0 Å². The Hall–Kier alpha value is -5.39. The molecule has 3 aromatic heterocycles. The fourth-order valence-electron chi connectivity index (χ4n) is 5.28. The molecule has 0 spiro atoms. The first-order chi connectivity index (χ1) is 19.9. The number of hydrogen-bond acceptors (Lipinski definition) is 7. The number of anilines is 1. The maximum absolute atomic E-state index is 13.5. The van der Waals surface area contributed by atoms with E-state index in [4.69, 9.17) is 5.73 Å². The summed E-state index contributed by atoms with van der Waals surface area (Å²) in [5.41, 5.74) is 10.2. The third-order valence-corrected chi connectivity index (χ3v) is 7.28. The average molecular weight is 550 g/mol. The van der Waals surface area contributed by atoms with Gasteiger partial charge in [-0.05, 0) is 61.7 Å². The Morgan fingerprint density at radius 3 is 2.63 bits per heavy atom. The third kappa shape index (κ3) is 4.91. The molecule has 3 N–H and O–H groups in total. The van der Waals surface area contributed by atoms with Gasteiger partial charge in [-0.2, -0.15) is 20.4 Å². The molecule has 0 bridgehead atoms. The summed E-state index contributed by atoms with van der Waals surface area (Å²) in [6.07, 6.45) is 6.13. The number of para-hydroxylation sites is 2. The summed E-state index contributed by atoms with van der Waals surface area (Å²) >= 11 is 0. The van der Waals surface area contributed by atoms with Gasteiger partial charge in [-0.3, -0.25) is 19.1 Å². The van der Waals surface area contributed by atoms with Crippen LogP contribution in [0.4, 0.5) is 5.69 Å². The Morgan fingerprint density at radius 2 is 1.88 bits per heavy atom. The fourth-order valence-corrected chi connectivity index (χ4v) is 5.28. The molecule has 1 aliphatic rings. The molecular formula is C29H27N9O3. The Morgan fingerprint density at radius 1 is 1.02 bits per heavy atom. The summed E-state index contributed by atoms with van der Waals surface area (Å²) in [6, 6.07) is 15.9. The van der Waals surface area contributed by atoms with E-state index in [1.54, 1.807) is 46.4 Å². The quantitative estimate of drug-likeness (QED) is 0.316. The Bertz CT molecular complexity index is 1780. The number of aryl methyl sites for hydroxylation is 1. The first-order valence-electron chi connectivity index (χ1n) is 13.2. The predicted molar refractivity (Wildman–Crippen MR) is 151 cm³/mol. The standard InChI is InChI=1S/C29H27N9O3/c1-18-10-13-33-38(18)24-6-3-2-5-22(24)34-29(41)25-7-4-14-36(25)26(39)17-37-23-9-8-19(20-11-12-31-32-16-20)15-21(23)27(35-37)28(30)40/h2-3,5-6,8-13,15-16,25H,4,7,14,17H2,1H3,(H2,30,40)(H,34,41). The number of aromatic nitrogens is 6. The van der Waals surface area contributed by atoms with Gasteiger partial charge in [-0.1, -0.05) is 18.2 Å². The molecule has 1 fully saturated rings. The lowest BCUT2D eigenvalue weighted by atomic mass is 10.0. The van der Waals surface area contributed by atoms with Crippen molar-refractivity contribution in [2.75, 3.05) is 11.9 Å². The molecule has 41 heavy (non-hydrogen) atoms. The Kier molecular flexibility index (Phi) is 6.71. The number of likely N-dealkylation sites (tertiary alicyclic amines) is 1. The molecule has 6 rings (SSSR count). The molecular weight excluding hydrogens is 522 g/mol. The van der Waals surface area contributed by atoms with Crippen molar-refractivity contribution < 1.29 is 14.4 Å². The van der Waals surface area contributed by atoms with E-state index < -0.39 is 11.9 Å². The van der Waals surface area contributed by atoms with E-state index in [2.05, 4.69) is 25.7 Å². The number of primary amides is 1. The van der Waals surface area contributed by atoms with Crippen LogP contribution in [0.1, 0.15) is 29.0 Å². The number of carbonyl (C=O) groups excluding carboxylic acids is 3. The van der Waals surface area contributed by atoms with Gasteiger partial charge >= 0.3 is 0 Å². The second-order valence-corrected chi connectivity index (χ2v) is 9.87. The number of amides is 3. The van der Waals surface area contributed by atoms with Gasteiger partial charge in [-0.25, -0.2) is 4.68 Å². The number of carbonyl (C=O) groups is 3. The second-order valence-electron chi connectivity index (χ2n) is 9.87. The van der Waals surface area contributed by atoms with Gasteiger partial charge < -0.3 is 16.0 Å². The number of hydrogen-bond donors (Lipinski definition) is 2. The lowest BCUT2D eigenvalue weighted by Gasteiger charge is -2.24. The van der Waals surface area contributed by atoms with E-state index in [-0.39, 0.29) is 24.1 Å². The van der Waals surface area contributed by atoms with Crippen molar-refractivity contribution in [2.45, 2.75) is 32.4 Å². The van der Waals surface area contributed by atoms with E-state index in [0.717, 1.165) is 22.5 Å². The highest BCUT2D eigenvalue weighted by molar-refractivity contribution is 6.05. The molecule has 12 heteroatoms. The maximum atomic E-state index is 13.5. The minimum absolute atomic E-state index is 0.0675. The zero-order valence-electron chi connectivity index (χ0n) is 22.3. The lowest BCUT2D eigenvalue weighted by molar-refractivity contribution is -0.137. The minimum atomic E-state index is -0.698. The molecule has 12 nitrogen and oxygen atoms in total. The van der Waals surface area contributed by atoms with Crippen LogP contribution in [-0.2, 0) is 16.1 Å². The summed E-state index contributed by atoms with van der Waals surface area (Å²) in [5, 5.41) is 20.0. The highest BCUT2D eigenvalue weighted by Gasteiger charge is 2.35. The molecule has 1 aliphatic heterocycles. The first-order valence-corrected chi connectivity index (χ1v) is 13.2. The second kappa shape index (κ2) is 10.6. The average Bonchev–Trinajstić information content (AvgIpc) is 3.72. The summed E-state index contributed by atoms with van der Waals surface area (Å²) < 4.78 is 3.22. The van der Waals surface area contributed by atoms with Crippen molar-refractivity contribution in [3.05, 3.63) is 84.6 Å². The predicted octanol–water partition coefficient (Wildman–Crippen LogP) is 2.72. The number of nitrogens with zero attached hydrogens (tertiary/aromatic N) is 7. The first kappa shape index (κ1) is 25.9. The molecule has 5 aromatic rings. The van der Waals surface area contributed by atoms with Gasteiger partial charge in [0.15, 0.2) is 5.69 Å². The smallest absolute Gasteiger partial charge is 0.269 e. The van der Waals surface area contributed by atoms with Gasteiger partial charge in [0.2, 0.25) is 11.8 Å². The number of nitrogens with two attached hydrogens (primary N) is 1. The van der Waals surface area contributed by atoms with Crippen LogP contribution < -0.4 is 11.1 Å². The van der Waals surface area contributed by atoms with E-state index in [0.29, 0.717) is 36.0 Å². The van der Waals surface area contributed by atoms with Crippen molar-refractivity contribution in [2.24, 2.45) is 5.73 Å². The van der Waals surface area contributed by atoms with Crippen LogP contribution in [0.25, 0.3) is 27.7 Å². The van der Waals surface area contributed by atoms with E-state index >= 15 is 0 Å². The molecule has 4 heterocycles. The van der Waals surface area contributed by atoms with Crippen LogP contribution >= 0.6 is 0 Å². The summed E-state index contributed by atoms with van der Waals surface area (Å²) in [4.78, 5) is 40.8. The molecule has 2 aromatic carbocycles. The number of fused-ring (bicyclic) bond motifs is 1. The summed E-state index contributed by atoms with van der Waals surface area (Å²) in [6.45, 7) is 2.23. The van der Waals surface area contributed by atoms with E-state index in [1.165, 1.54) is 4.68 Å². The van der Waals surface area contributed by atoms with Crippen LogP contribution in [0.15, 0.2) is 73.2 Å². The highest BCUT2D eigenvalue weighted by atomic mass is 16.2. The fraction of sp³-hybridized carbons (Fsp3) is 0.207. The van der Waals surface area contributed by atoms with Gasteiger partial charge in [-0.15, -0.1) is 0 Å². The zero-order chi connectivity index (χ0) is 28.5. The normalized spacial score (nSPS) is 14.9. The summed E-state index contributed by atoms with van der Waals surface area (Å²) in [7, 11) is 0. The van der Waals surface area contributed by atoms with Crippen molar-refractivity contribution >= 4 is 34.3 Å². The highest BCUT2D eigenvalue weighted by Crippen LogP contribution is 2.28. The molecule has 1 unspecified atom stereocenters. The lowest BCUT2D eigenvalue weighted by Crippen LogP contribution is -2.44. The summed E-state index contributed by atoms with van der Waals surface area (Å²) in [5.74, 6) is -1.25. The van der Waals surface area contributed by atoms with Gasteiger partial charge in [0, 0.05) is 29.4 Å². The Balaban J connectivity index is 1.24. The van der Waals surface area contributed by atoms with E-state index in [9.17, 15) is 14.4 Å². The number of rotatable bonds is 7. The third-order valence-electron chi connectivity index (χ3n) is 7.28. The van der Waals surface area contributed by atoms with Crippen LogP contribution in [-0.4, -0.2) is 65.0 Å². The maximum Gasteiger partial charge on any atom is 0.269 e.